The zero-order valence-corrected chi connectivity index (χ0v) is 13.9. The van der Waals surface area contributed by atoms with Crippen molar-refractivity contribution in [2.45, 2.75) is 18.2 Å². The highest BCUT2D eigenvalue weighted by atomic mass is 35.7. The Morgan fingerprint density at radius 2 is 1.92 bits per heavy atom. The van der Waals surface area contributed by atoms with Gasteiger partial charge < -0.3 is 9.52 Å². The third kappa shape index (κ3) is 2.65. The molecule has 0 bridgehead atoms. The van der Waals surface area contributed by atoms with Gasteiger partial charge in [-0.05, 0) is 42.3 Å². The van der Waals surface area contributed by atoms with E-state index in [-0.39, 0.29) is 32.4 Å². The highest BCUT2D eigenvalue weighted by molar-refractivity contribution is 8.13. The summed E-state index contributed by atoms with van der Waals surface area (Å²) in [5.74, 6) is -1.18. The van der Waals surface area contributed by atoms with E-state index in [4.69, 9.17) is 20.2 Å². The van der Waals surface area contributed by atoms with Gasteiger partial charge in [-0.2, -0.15) is 0 Å². The average molecular weight is 367 g/mol. The fourth-order valence-corrected chi connectivity index (χ4v) is 3.35. The zero-order valence-electron chi connectivity index (χ0n) is 12.4. The van der Waals surface area contributed by atoms with Crippen LogP contribution in [-0.2, 0) is 15.5 Å². The molecule has 0 aliphatic carbocycles. The first kappa shape index (κ1) is 16.5. The van der Waals surface area contributed by atoms with Crippen molar-refractivity contribution in [3.05, 3.63) is 51.7 Å². The number of carboxylic acids is 1. The molecule has 8 heteroatoms. The lowest BCUT2D eigenvalue weighted by Crippen LogP contribution is -2.07. The summed E-state index contributed by atoms with van der Waals surface area (Å²) in [6.45, 7) is 1.79. The Morgan fingerprint density at radius 1 is 1.21 bits per heavy atom. The van der Waals surface area contributed by atoms with Crippen molar-refractivity contribution < 1.29 is 22.7 Å². The maximum atomic E-state index is 12.7. The van der Waals surface area contributed by atoms with Gasteiger partial charge in [-0.25, -0.2) is 13.2 Å². The van der Waals surface area contributed by atoms with Crippen LogP contribution < -0.4 is 5.43 Å². The molecular weight excluding hydrogens is 356 g/mol. The molecule has 0 saturated carbocycles. The summed E-state index contributed by atoms with van der Waals surface area (Å²) >= 11 is 0. The van der Waals surface area contributed by atoms with Gasteiger partial charge in [0.25, 0.3) is 9.05 Å². The highest BCUT2D eigenvalue weighted by Crippen LogP contribution is 2.27. The fourth-order valence-electron chi connectivity index (χ4n) is 2.54. The summed E-state index contributed by atoms with van der Waals surface area (Å²) in [5.41, 5.74) is 0.445. The van der Waals surface area contributed by atoms with Crippen LogP contribution in [0.1, 0.15) is 22.8 Å². The number of fused-ring (bicyclic) bond motifs is 2. The zero-order chi connectivity index (χ0) is 17.6. The molecule has 24 heavy (non-hydrogen) atoms. The van der Waals surface area contributed by atoms with Crippen molar-refractivity contribution >= 4 is 47.6 Å². The predicted molar refractivity (Wildman–Crippen MR) is 89.4 cm³/mol. The summed E-state index contributed by atoms with van der Waals surface area (Å²) in [7, 11) is 1.37. The SMILES string of the molecule is CCc1cc(S(=O)(=O)Cl)cc2c(=O)c3cc(C(=O)O)ccc3oc12. The van der Waals surface area contributed by atoms with Gasteiger partial charge in [0.05, 0.1) is 21.2 Å². The van der Waals surface area contributed by atoms with Crippen molar-refractivity contribution in [3.63, 3.8) is 0 Å². The van der Waals surface area contributed by atoms with E-state index in [2.05, 4.69) is 0 Å². The van der Waals surface area contributed by atoms with Gasteiger partial charge in [0.2, 0.25) is 5.43 Å². The van der Waals surface area contributed by atoms with Crippen molar-refractivity contribution in [1.82, 2.24) is 0 Å². The van der Waals surface area contributed by atoms with Gasteiger partial charge in [-0.15, -0.1) is 0 Å². The number of carbonyl (C=O) groups is 1. The molecule has 0 aliphatic heterocycles. The summed E-state index contributed by atoms with van der Waals surface area (Å²) in [6, 6.07) is 6.46. The minimum atomic E-state index is -4.02. The maximum absolute atomic E-state index is 12.7. The topological polar surface area (TPSA) is 102 Å². The third-order valence-corrected chi connectivity index (χ3v) is 5.06. The molecule has 0 amide bonds. The molecule has 0 aliphatic rings. The number of hydrogen-bond acceptors (Lipinski definition) is 5. The fraction of sp³-hybridized carbons (Fsp3) is 0.125. The summed E-state index contributed by atoms with van der Waals surface area (Å²) in [5, 5.41) is 9.16. The first-order valence-corrected chi connectivity index (χ1v) is 9.24. The molecule has 124 valence electrons. The van der Waals surface area contributed by atoms with E-state index in [1.165, 1.54) is 24.3 Å². The Hall–Kier alpha value is -2.38. The predicted octanol–water partition coefficient (Wildman–Crippen LogP) is 3.13. The van der Waals surface area contributed by atoms with Crippen molar-refractivity contribution in [3.8, 4) is 0 Å². The average Bonchev–Trinajstić information content (AvgIpc) is 2.53. The number of rotatable bonds is 3. The van der Waals surface area contributed by atoms with Crippen molar-refractivity contribution in [2.24, 2.45) is 0 Å². The van der Waals surface area contributed by atoms with Crippen LogP contribution in [0.4, 0.5) is 0 Å². The van der Waals surface area contributed by atoms with E-state index in [1.807, 2.05) is 0 Å². The molecule has 0 saturated heterocycles. The normalized spacial score (nSPS) is 11.9. The molecule has 3 aromatic rings. The Bertz CT molecular complexity index is 1160. The van der Waals surface area contributed by atoms with E-state index in [0.29, 0.717) is 12.0 Å². The molecule has 0 fully saturated rings. The lowest BCUT2D eigenvalue weighted by atomic mass is 10.1. The number of halogens is 1. The van der Waals surface area contributed by atoms with Crippen LogP contribution in [0.25, 0.3) is 21.9 Å². The highest BCUT2D eigenvalue weighted by Gasteiger charge is 2.18. The summed E-state index contributed by atoms with van der Waals surface area (Å²) in [6.07, 6.45) is 0.429. The molecule has 1 heterocycles. The second kappa shape index (κ2) is 5.61. The van der Waals surface area contributed by atoms with Crippen LogP contribution in [0.15, 0.2) is 44.4 Å². The number of aryl methyl sites for hydroxylation is 1. The van der Waals surface area contributed by atoms with Crippen LogP contribution in [0.2, 0.25) is 0 Å². The monoisotopic (exact) mass is 366 g/mol. The molecule has 6 nitrogen and oxygen atoms in total. The molecule has 0 spiro atoms. The molecule has 0 unspecified atom stereocenters. The lowest BCUT2D eigenvalue weighted by Gasteiger charge is -2.08. The number of carboxylic acid groups (broad SMARTS) is 1. The van der Waals surface area contributed by atoms with E-state index >= 15 is 0 Å². The quantitative estimate of drug-likeness (QED) is 0.564. The summed E-state index contributed by atoms with van der Waals surface area (Å²) in [4.78, 5) is 23.6. The maximum Gasteiger partial charge on any atom is 0.335 e. The van der Waals surface area contributed by atoms with Crippen LogP contribution in [0, 0.1) is 0 Å². The number of benzene rings is 2. The third-order valence-electron chi connectivity index (χ3n) is 3.73. The second-order valence-corrected chi connectivity index (χ2v) is 7.76. The minimum Gasteiger partial charge on any atom is -0.478 e. The van der Waals surface area contributed by atoms with Gasteiger partial charge >= 0.3 is 5.97 Å². The first-order valence-electron chi connectivity index (χ1n) is 6.94. The van der Waals surface area contributed by atoms with Crippen molar-refractivity contribution in [1.29, 1.82) is 0 Å². The Balaban J connectivity index is 2.51. The second-order valence-electron chi connectivity index (χ2n) is 5.20. The van der Waals surface area contributed by atoms with Gasteiger partial charge in [-0.1, -0.05) is 6.92 Å². The van der Waals surface area contributed by atoms with E-state index in [9.17, 15) is 18.0 Å². The first-order chi connectivity index (χ1) is 11.2. The minimum absolute atomic E-state index is 0.0450. The molecule has 1 aromatic heterocycles. The Labute approximate surface area is 140 Å². The van der Waals surface area contributed by atoms with Crippen LogP contribution in [0.5, 0.6) is 0 Å². The van der Waals surface area contributed by atoms with Gasteiger partial charge in [0.15, 0.2) is 0 Å². The lowest BCUT2D eigenvalue weighted by molar-refractivity contribution is 0.0697. The van der Waals surface area contributed by atoms with Crippen LogP contribution >= 0.6 is 10.7 Å². The number of aromatic carboxylic acids is 1. The molecule has 1 N–H and O–H groups in total. The van der Waals surface area contributed by atoms with Gasteiger partial charge in [-0.3, -0.25) is 4.79 Å². The van der Waals surface area contributed by atoms with E-state index in [0.717, 1.165) is 6.07 Å². The van der Waals surface area contributed by atoms with E-state index < -0.39 is 20.4 Å². The van der Waals surface area contributed by atoms with Gasteiger partial charge in [0.1, 0.15) is 11.2 Å². The Morgan fingerprint density at radius 3 is 2.50 bits per heavy atom. The molecule has 2 aromatic carbocycles. The molecule has 0 radical (unpaired) electrons. The molecule has 3 rings (SSSR count). The van der Waals surface area contributed by atoms with Crippen molar-refractivity contribution in [2.75, 3.05) is 0 Å². The standard InChI is InChI=1S/C16H11ClO6S/c1-2-8-5-10(24(17,21)22)7-12-14(18)11-6-9(16(19)20)3-4-13(11)23-15(8)12/h3-7H,2H2,1H3,(H,19,20). The Kier molecular flexibility index (Phi) is 3.85. The van der Waals surface area contributed by atoms with Crippen LogP contribution in [0.3, 0.4) is 0 Å². The largest absolute Gasteiger partial charge is 0.478 e. The molecule has 0 atom stereocenters. The number of hydrogen-bond donors (Lipinski definition) is 1. The van der Waals surface area contributed by atoms with Gasteiger partial charge in [0, 0.05) is 10.7 Å². The summed E-state index contributed by atoms with van der Waals surface area (Å²) < 4.78 is 29.0. The van der Waals surface area contributed by atoms with Crippen LogP contribution in [-0.4, -0.2) is 19.5 Å². The van der Waals surface area contributed by atoms with E-state index in [1.54, 1.807) is 6.92 Å². The smallest absolute Gasteiger partial charge is 0.335 e. The molecular formula is C16H11ClO6S.